The normalized spacial score (nSPS) is 27.0. The van der Waals surface area contributed by atoms with Crippen molar-refractivity contribution >= 4 is 11.8 Å². The van der Waals surface area contributed by atoms with Crippen molar-refractivity contribution in [2.75, 3.05) is 25.1 Å². The Morgan fingerprint density at radius 1 is 1.36 bits per heavy atom. The predicted octanol–water partition coefficient (Wildman–Crippen LogP) is 2.29. The highest BCUT2D eigenvalue weighted by Crippen LogP contribution is 2.17. The van der Waals surface area contributed by atoms with E-state index in [0.29, 0.717) is 12.2 Å². The van der Waals surface area contributed by atoms with Gasteiger partial charge in [0.25, 0.3) is 0 Å². The van der Waals surface area contributed by atoms with Crippen LogP contribution in [0.15, 0.2) is 0 Å². The predicted molar refractivity (Wildman–Crippen MR) is 64.1 cm³/mol. The SMILES string of the molecule is CSCCCCNCC1CCC(C)O1. The van der Waals surface area contributed by atoms with Gasteiger partial charge in [-0.3, -0.25) is 0 Å². The zero-order chi connectivity index (χ0) is 10.2. The van der Waals surface area contributed by atoms with Gasteiger partial charge in [0.05, 0.1) is 12.2 Å². The van der Waals surface area contributed by atoms with Crippen molar-refractivity contribution in [2.45, 2.75) is 44.8 Å². The minimum atomic E-state index is 0.477. The Labute approximate surface area is 92.2 Å². The van der Waals surface area contributed by atoms with Gasteiger partial charge in [0, 0.05) is 6.54 Å². The number of hydrogen-bond donors (Lipinski definition) is 1. The molecule has 0 aromatic heterocycles. The molecule has 14 heavy (non-hydrogen) atoms. The van der Waals surface area contributed by atoms with E-state index in [1.807, 2.05) is 11.8 Å². The van der Waals surface area contributed by atoms with E-state index in [1.165, 1.54) is 31.4 Å². The van der Waals surface area contributed by atoms with Crippen LogP contribution >= 0.6 is 11.8 Å². The van der Waals surface area contributed by atoms with Crippen LogP contribution in [0.3, 0.4) is 0 Å². The second kappa shape index (κ2) is 7.55. The molecule has 2 unspecified atom stereocenters. The Morgan fingerprint density at radius 2 is 2.21 bits per heavy atom. The first kappa shape index (κ1) is 12.3. The fourth-order valence-electron chi connectivity index (χ4n) is 1.79. The molecule has 3 heteroatoms. The van der Waals surface area contributed by atoms with Crippen molar-refractivity contribution in [3.05, 3.63) is 0 Å². The Kier molecular flexibility index (Phi) is 6.65. The molecule has 1 heterocycles. The number of ether oxygens (including phenoxy) is 1. The number of rotatable bonds is 7. The summed E-state index contributed by atoms with van der Waals surface area (Å²) in [5.74, 6) is 1.29. The van der Waals surface area contributed by atoms with Gasteiger partial charge in [0.2, 0.25) is 0 Å². The van der Waals surface area contributed by atoms with Gasteiger partial charge in [-0.25, -0.2) is 0 Å². The molecule has 1 N–H and O–H groups in total. The Bertz CT molecular complexity index is 143. The first-order valence-corrected chi connectivity index (χ1v) is 7.07. The van der Waals surface area contributed by atoms with E-state index < -0.39 is 0 Å². The molecule has 0 aromatic rings. The highest BCUT2D eigenvalue weighted by molar-refractivity contribution is 7.98. The zero-order valence-electron chi connectivity index (χ0n) is 9.42. The van der Waals surface area contributed by atoms with E-state index in [0.717, 1.165) is 13.1 Å². The Balaban J connectivity index is 1.84. The summed E-state index contributed by atoms with van der Waals surface area (Å²) in [5.41, 5.74) is 0. The van der Waals surface area contributed by atoms with Crippen LogP contribution in [0.2, 0.25) is 0 Å². The van der Waals surface area contributed by atoms with Gasteiger partial charge < -0.3 is 10.1 Å². The molecule has 84 valence electrons. The quantitative estimate of drug-likeness (QED) is 0.661. The maximum Gasteiger partial charge on any atom is 0.0704 e. The van der Waals surface area contributed by atoms with Gasteiger partial charge in [-0.05, 0) is 51.2 Å². The maximum atomic E-state index is 5.72. The third-order valence-electron chi connectivity index (χ3n) is 2.64. The van der Waals surface area contributed by atoms with Crippen molar-refractivity contribution in [3.63, 3.8) is 0 Å². The number of thioether (sulfide) groups is 1. The van der Waals surface area contributed by atoms with Crippen LogP contribution in [0.1, 0.15) is 32.6 Å². The fraction of sp³-hybridized carbons (Fsp3) is 1.00. The molecule has 0 aliphatic carbocycles. The first-order chi connectivity index (χ1) is 6.83. The van der Waals surface area contributed by atoms with Gasteiger partial charge in [-0.1, -0.05) is 0 Å². The third kappa shape index (κ3) is 5.23. The molecule has 2 nitrogen and oxygen atoms in total. The molecule has 0 radical (unpaired) electrons. The number of nitrogens with one attached hydrogen (secondary N) is 1. The van der Waals surface area contributed by atoms with E-state index in [2.05, 4.69) is 18.5 Å². The fourth-order valence-corrected chi connectivity index (χ4v) is 2.29. The van der Waals surface area contributed by atoms with Crippen molar-refractivity contribution in [3.8, 4) is 0 Å². The van der Waals surface area contributed by atoms with E-state index in [1.54, 1.807) is 0 Å². The van der Waals surface area contributed by atoms with Crippen LogP contribution in [-0.4, -0.2) is 37.3 Å². The van der Waals surface area contributed by atoms with Gasteiger partial charge in [0.15, 0.2) is 0 Å². The molecule has 1 rings (SSSR count). The van der Waals surface area contributed by atoms with Crippen LogP contribution in [0.4, 0.5) is 0 Å². The molecule has 0 bridgehead atoms. The second-order valence-electron chi connectivity index (χ2n) is 4.05. The second-order valence-corrected chi connectivity index (χ2v) is 5.04. The van der Waals surface area contributed by atoms with Crippen LogP contribution in [0, 0.1) is 0 Å². The molecule has 1 fully saturated rings. The minimum absolute atomic E-state index is 0.477. The van der Waals surface area contributed by atoms with Crippen LogP contribution in [-0.2, 0) is 4.74 Å². The molecule has 1 saturated heterocycles. The van der Waals surface area contributed by atoms with Crippen LogP contribution in [0.25, 0.3) is 0 Å². The van der Waals surface area contributed by atoms with Gasteiger partial charge in [-0.15, -0.1) is 0 Å². The summed E-state index contributed by atoms with van der Waals surface area (Å²) in [7, 11) is 0. The molecule has 0 amide bonds. The van der Waals surface area contributed by atoms with Gasteiger partial charge in [0.1, 0.15) is 0 Å². The van der Waals surface area contributed by atoms with E-state index in [4.69, 9.17) is 4.74 Å². The Morgan fingerprint density at radius 3 is 2.86 bits per heavy atom. The molecule has 0 spiro atoms. The van der Waals surface area contributed by atoms with E-state index in [-0.39, 0.29) is 0 Å². The van der Waals surface area contributed by atoms with Crippen LogP contribution < -0.4 is 5.32 Å². The smallest absolute Gasteiger partial charge is 0.0704 e. The number of unbranched alkanes of at least 4 members (excludes halogenated alkanes) is 1. The van der Waals surface area contributed by atoms with E-state index in [9.17, 15) is 0 Å². The molecule has 0 saturated carbocycles. The van der Waals surface area contributed by atoms with E-state index >= 15 is 0 Å². The average molecular weight is 217 g/mol. The lowest BCUT2D eigenvalue weighted by Crippen LogP contribution is -2.27. The highest BCUT2D eigenvalue weighted by Gasteiger charge is 2.20. The zero-order valence-corrected chi connectivity index (χ0v) is 10.2. The topological polar surface area (TPSA) is 21.3 Å². The van der Waals surface area contributed by atoms with Crippen molar-refractivity contribution in [1.29, 1.82) is 0 Å². The molecule has 1 aliphatic heterocycles. The van der Waals surface area contributed by atoms with Crippen molar-refractivity contribution < 1.29 is 4.74 Å². The molecule has 0 aromatic carbocycles. The minimum Gasteiger partial charge on any atom is -0.374 e. The van der Waals surface area contributed by atoms with Crippen molar-refractivity contribution in [1.82, 2.24) is 5.32 Å². The molecular formula is C11H23NOS. The standard InChI is InChI=1S/C11H23NOS/c1-10-5-6-11(13-10)9-12-7-3-4-8-14-2/h10-12H,3-9H2,1-2H3. The number of hydrogen-bond acceptors (Lipinski definition) is 3. The summed E-state index contributed by atoms with van der Waals surface area (Å²) in [6.07, 6.45) is 8.22. The third-order valence-corrected chi connectivity index (χ3v) is 3.34. The summed E-state index contributed by atoms with van der Waals surface area (Å²) in [6, 6.07) is 0. The monoisotopic (exact) mass is 217 g/mol. The average Bonchev–Trinajstić information content (AvgIpc) is 2.58. The lowest BCUT2D eigenvalue weighted by Gasteiger charge is -2.11. The van der Waals surface area contributed by atoms with Crippen molar-refractivity contribution in [2.24, 2.45) is 0 Å². The lowest BCUT2D eigenvalue weighted by atomic mass is 10.2. The lowest BCUT2D eigenvalue weighted by molar-refractivity contribution is 0.0561. The maximum absolute atomic E-state index is 5.72. The largest absolute Gasteiger partial charge is 0.374 e. The Hall–Kier alpha value is 0.270. The summed E-state index contributed by atoms with van der Waals surface area (Å²) in [4.78, 5) is 0. The highest BCUT2D eigenvalue weighted by atomic mass is 32.2. The van der Waals surface area contributed by atoms with Gasteiger partial charge in [-0.2, -0.15) is 11.8 Å². The van der Waals surface area contributed by atoms with Gasteiger partial charge >= 0.3 is 0 Å². The summed E-state index contributed by atoms with van der Waals surface area (Å²) >= 11 is 1.93. The molecular weight excluding hydrogens is 194 g/mol. The summed E-state index contributed by atoms with van der Waals surface area (Å²) in [6.45, 7) is 4.36. The summed E-state index contributed by atoms with van der Waals surface area (Å²) < 4.78 is 5.72. The molecule has 1 aliphatic rings. The van der Waals surface area contributed by atoms with Crippen LogP contribution in [0.5, 0.6) is 0 Å². The molecule has 2 atom stereocenters. The first-order valence-electron chi connectivity index (χ1n) is 5.68. The summed E-state index contributed by atoms with van der Waals surface area (Å²) in [5, 5.41) is 3.47.